The number of nitrogens with zero attached hydrogens (tertiary/aromatic N) is 1. The maximum Gasteiger partial charge on any atom is 0.198 e. The summed E-state index contributed by atoms with van der Waals surface area (Å²) in [6.07, 6.45) is 4.48. The van der Waals surface area contributed by atoms with Gasteiger partial charge in [0, 0.05) is 12.3 Å². The molecule has 1 aromatic carbocycles. The summed E-state index contributed by atoms with van der Waals surface area (Å²) in [7, 11) is 1.59. The van der Waals surface area contributed by atoms with E-state index >= 15 is 0 Å². The molecule has 0 bridgehead atoms. The molecule has 2 rings (SSSR count). The number of hydrogen-bond donors (Lipinski definition) is 0. The lowest BCUT2D eigenvalue weighted by Gasteiger charge is -2.09. The fourth-order valence-corrected chi connectivity index (χ4v) is 1.61. The highest BCUT2D eigenvalue weighted by Crippen LogP contribution is 2.14. The lowest BCUT2D eigenvalue weighted by molar-refractivity contribution is 0.111. The number of carbonyl (C=O) groups is 1. The summed E-state index contributed by atoms with van der Waals surface area (Å²) >= 11 is 0. The Morgan fingerprint density at radius 1 is 1.18 bits per heavy atom. The average molecular weight is 227 g/mol. The van der Waals surface area contributed by atoms with Crippen molar-refractivity contribution in [2.24, 2.45) is 0 Å². The Morgan fingerprint density at radius 3 is 2.59 bits per heavy atom. The normalized spacial score (nSPS) is 11.2. The van der Waals surface area contributed by atoms with Gasteiger partial charge in [0.25, 0.3) is 0 Å². The fourth-order valence-electron chi connectivity index (χ4n) is 1.61. The monoisotopic (exact) mass is 227 g/mol. The molecule has 0 saturated carbocycles. The van der Waals surface area contributed by atoms with Crippen molar-refractivity contribution in [1.82, 2.24) is 4.57 Å². The summed E-state index contributed by atoms with van der Waals surface area (Å²) in [6, 6.07) is 13.4. The molecule has 0 N–H and O–H groups in total. The molecule has 0 fully saturated rings. The van der Waals surface area contributed by atoms with Crippen LogP contribution in [-0.4, -0.2) is 18.0 Å². The van der Waals surface area contributed by atoms with Crippen LogP contribution in [0.4, 0.5) is 0 Å². The van der Waals surface area contributed by atoms with Gasteiger partial charge in [0.05, 0.1) is 12.8 Å². The van der Waals surface area contributed by atoms with Gasteiger partial charge < -0.3 is 4.74 Å². The third kappa shape index (κ3) is 2.45. The molecule has 0 amide bonds. The van der Waals surface area contributed by atoms with Gasteiger partial charge in [-0.3, -0.25) is 9.36 Å². The Morgan fingerprint density at radius 2 is 1.94 bits per heavy atom. The smallest absolute Gasteiger partial charge is 0.198 e. The van der Waals surface area contributed by atoms with Crippen LogP contribution in [0.1, 0.15) is 16.1 Å². The van der Waals surface area contributed by atoms with Crippen molar-refractivity contribution in [3.05, 3.63) is 59.9 Å². The molecule has 0 saturated heterocycles. The highest BCUT2D eigenvalue weighted by molar-refractivity contribution is 5.77. The molecule has 0 aliphatic carbocycles. The first-order chi connectivity index (χ1) is 8.35. The molecule has 86 valence electrons. The van der Waals surface area contributed by atoms with Crippen LogP contribution in [0.2, 0.25) is 0 Å². The minimum atomic E-state index is 0.564. The van der Waals surface area contributed by atoms with E-state index in [2.05, 4.69) is 0 Å². The predicted octanol–water partition coefficient (Wildman–Crippen LogP) is 2.90. The van der Waals surface area contributed by atoms with Crippen LogP contribution in [0, 0.1) is 0 Å². The Bertz CT molecular complexity index is 526. The van der Waals surface area contributed by atoms with Gasteiger partial charge in [-0.2, -0.15) is 0 Å². The van der Waals surface area contributed by atoms with Crippen molar-refractivity contribution in [3.8, 4) is 0 Å². The Hall–Kier alpha value is -2.29. The lowest BCUT2D eigenvalue weighted by Crippen LogP contribution is -2.01. The molecule has 3 nitrogen and oxygen atoms in total. The molecule has 0 aliphatic rings. The van der Waals surface area contributed by atoms with Crippen LogP contribution in [0.25, 0.3) is 12.0 Å². The van der Waals surface area contributed by atoms with Gasteiger partial charge in [0.1, 0.15) is 0 Å². The summed E-state index contributed by atoms with van der Waals surface area (Å²) in [5.41, 5.74) is 1.59. The molecule has 2 aromatic rings. The second kappa shape index (κ2) is 5.16. The van der Waals surface area contributed by atoms with Gasteiger partial charge in [-0.25, -0.2) is 0 Å². The topological polar surface area (TPSA) is 31.2 Å². The number of benzene rings is 1. The minimum absolute atomic E-state index is 0.564. The third-order valence-corrected chi connectivity index (χ3v) is 2.44. The van der Waals surface area contributed by atoms with E-state index in [9.17, 15) is 4.79 Å². The zero-order valence-corrected chi connectivity index (χ0v) is 9.54. The van der Waals surface area contributed by atoms with E-state index < -0.39 is 0 Å². The number of carbonyl (C=O) groups excluding carboxylic acids is 1. The number of ether oxygens (including phenoxy) is 1. The van der Waals surface area contributed by atoms with E-state index in [0.717, 1.165) is 11.8 Å². The summed E-state index contributed by atoms with van der Waals surface area (Å²) < 4.78 is 7.01. The number of aromatic nitrogens is 1. The van der Waals surface area contributed by atoms with Crippen molar-refractivity contribution in [1.29, 1.82) is 0 Å². The second-order valence-electron chi connectivity index (χ2n) is 3.52. The first kappa shape index (κ1) is 11.2. The van der Waals surface area contributed by atoms with Gasteiger partial charge >= 0.3 is 0 Å². The quantitative estimate of drug-likeness (QED) is 0.594. The summed E-state index contributed by atoms with van der Waals surface area (Å²) in [5, 5.41) is 0. The summed E-state index contributed by atoms with van der Waals surface area (Å²) in [6.45, 7) is 0. The van der Waals surface area contributed by atoms with Gasteiger partial charge in [-0.15, -0.1) is 0 Å². The van der Waals surface area contributed by atoms with Crippen LogP contribution >= 0.6 is 0 Å². The summed E-state index contributed by atoms with van der Waals surface area (Å²) in [4.78, 5) is 10.9. The molecule has 3 heteroatoms. The zero-order chi connectivity index (χ0) is 12.1. The largest absolute Gasteiger partial charge is 0.482 e. The number of hydrogen-bond acceptors (Lipinski definition) is 2. The standard InChI is InChI=1S/C14H13NO2/c1-17-14(10-12-6-3-2-4-7-12)15-9-5-8-13(15)11-16/h2-11H,1H3/b14-10+. The SMILES string of the molecule is CO/C(=C/c1ccccc1)n1cccc1C=O. The van der Waals surface area contributed by atoms with Gasteiger partial charge in [-0.05, 0) is 17.7 Å². The van der Waals surface area contributed by atoms with E-state index in [1.54, 1.807) is 23.9 Å². The van der Waals surface area contributed by atoms with Crippen LogP contribution < -0.4 is 0 Å². The zero-order valence-electron chi connectivity index (χ0n) is 9.54. The highest BCUT2D eigenvalue weighted by Gasteiger charge is 2.04. The number of rotatable bonds is 4. The van der Waals surface area contributed by atoms with Gasteiger partial charge in [0.15, 0.2) is 12.2 Å². The molecule has 1 aromatic heterocycles. The van der Waals surface area contributed by atoms with E-state index in [4.69, 9.17) is 4.74 Å². The molecule has 0 radical (unpaired) electrons. The fraction of sp³-hybridized carbons (Fsp3) is 0.0714. The molecule has 0 atom stereocenters. The Balaban J connectivity index is 2.40. The van der Waals surface area contributed by atoms with E-state index in [-0.39, 0.29) is 0 Å². The van der Waals surface area contributed by atoms with Crippen LogP contribution in [0.5, 0.6) is 0 Å². The predicted molar refractivity (Wildman–Crippen MR) is 67.4 cm³/mol. The summed E-state index contributed by atoms with van der Waals surface area (Å²) in [5.74, 6) is 0.614. The molecule has 0 spiro atoms. The Kier molecular flexibility index (Phi) is 3.40. The second-order valence-corrected chi connectivity index (χ2v) is 3.52. The molecule has 0 unspecified atom stereocenters. The first-order valence-electron chi connectivity index (χ1n) is 5.29. The molecular formula is C14H13NO2. The molecular weight excluding hydrogens is 214 g/mol. The Labute approximate surface area is 100.0 Å². The maximum atomic E-state index is 10.9. The van der Waals surface area contributed by atoms with Crippen molar-refractivity contribution in [2.45, 2.75) is 0 Å². The van der Waals surface area contributed by atoms with Gasteiger partial charge in [0.2, 0.25) is 0 Å². The van der Waals surface area contributed by atoms with Crippen molar-refractivity contribution >= 4 is 18.2 Å². The van der Waals surface area contributed by atoms with E-state index in [1.165, 1.54) is 0 Å². The van der Waals surface area contributed by atoms with Gasteiger partial charge in [-0.1, -0.05) is 30.3 Å². The number of methoxy groups -OCH3 is 1. The maximum absolute atomic E-state index is 10.9. The third-order valence-electron chi connectivity index (χ3n) is 2.44. The van der Waals surface area contributed by atoms with Crippen molar-refractivity contribution in [2.75, 3.05) is 7.11 Å². The lowest BCUT2D eigenvalue weighted by atomic mass is 10.2. The number of aldehydes is 1. The minimum Gasteiger partial charge on any atom is -0.482 e. The van der Waals surface area contributed by atoms with Crippen LogP contribution in [-0.2, 0) is 4.74 Å². The van der Waals surface area contributed by atoms with Crippen LogP contribution in [0.3, 0.4) is 0 Å². The van der Waals surface area contributed by atoms with Crippen molar-refractivity contribution < 1.29 is 9.53 Å². The highest BCUT2D eigenvalue weighted by atomic mass is 16.5. The first-order valence-corrected chi connectivity index (χ1v) is 5.29. The van der Waals surface area contributed by atoms with E-state index in [0.29, 0.717) is 11.6 Å². The van der Waals surface area contributed by atoms with Crippen LogP contribution in [0.15, 0.2) is 48.7 Å². The molecule has 1 heterocycles. The molecule has 0 aliphatic heterocycles. The molecule has 17 heavy (non-hydrogen) atoms. The average Bonchev–Trinajstić information content (AvgIpc) is 2.85. The van der Waals surface area contributed by atoms with Crippen molar-refractivity contribution in [3.63, 3.8) is 0 Å². The van der Waals surface area contributed by atoms with E-state index in [1.807, 2.05) is 42.5 Å².